The summed E-state index contributed by atoms with van der Waals surface area (Å²) in [6, 6.07) is 5.42. The number of aliphatic hydroxyl groups is 2. The summed E-state index contributed by atoms with van der Waals surface area (Å²) in [6.45, 7) is 1.68. The van der Waals surface area contributed by atoms with Gasteiger partial charge in [-0.05, 0) is 42.9 Å². The van der Waals surface area contributed by atoms with E-state index in [2.05, 4.69) is 15.5 Å². The largest absolute Gasteiger partial charge is 0.491 e. The predicted octanol–water partition coefficient (Wildman–Crippen LogP) is 3.24. The average molecular weight is 417 g/mol. The van der Waals surface area contributed by atoms with Crippen molar-refractivity contribution in [3.05, 3.63) is 30.6 Å². The molecule has 1 saturated carbocycles. The molecule has 1 aliphatic rings. The highest BCUT2D eigenvalue weighted by molar-refractivity contribution is 5.91. The molecule has 2 amide bonds. The third kappa shape index (κ3) is 6.21. The molecule has 0 aliphatic heterocycles. The van der Waals surface area contributed by atoms with Crippen molar-refractivity contribution in [1.29, 1.82) is 0 Å². The number of H-pyrrole nitrogens is 1. The molecule has 0 radical (unpaired) electrons. The molecule has 0 saturated heterocycles. The number of ether oxygens (including phenoxy) is 1. The molecule has 0 atom stereocenters. The Balaban J connectivity index is 1.74. The van der Waals surface area contributed by atoms with Crippen LogP contribution >= 0.6 is 0 Å². The Bertz CT molecular complexity index is 775. The number of aromatic nitrogens is 2. The Morgan fingerprint density at radius 1 is 1.20 bits per heavy atom. The normalized spacial score (nSPS) is 14.1. The van der Waals surface area contributed by atoms with Gasteiger partial charge >= 0.3 is 6.03 Å². The molecule has 3 rings (SSSR count). The van der Waals surface area contributed by atoms with Crippen LogP contribution in [-0.4, -0.2) is 64.3 Å². The number of nitrogens with zero attached hydrogens (tertiary/aromatic N) is 2. The molecular weight excluding hydrogens is 384 g/mol. The molecule has 4 N–H and O–H groups in total. The van der Waals surface area contributed by atoms with Crippen LogP contribution < -0.4 is 10.1 Å². The summed E-state index contributed by atoms with van der Waals surface area (Å²) in [7, 11) is 0. The summed E-state index contributed by atoms with van der Waals surface area (Å²) in [4.78, 5) is 14.8. The van der Waals surface area contributed by atoms with Gasteiger partial charge in [-0.15, -0.1) is 0 Å². The highest BCUT2D eigenvalue weighted by atomic mass is 16.5. The molecule has 1 fully saturated rings. The van der Waals surface area contributed by atoms with Gasteiger partial charge in [0.25, 0.3) is 0 Å². The molecule has 0 unspecified atom stereocenters. The van der Waals surface area contributed by atoms with E-state index in [1.807, 2.05) is 18.2 Å². The maximum absolute atomic E-state index is 13.0. The Morgan fingerprint density at radius 3 is 2.70 bits per heavy atom. The average Bonchev–Trinajstić information content (AvgIpc) is 3.46. The van der Waals surface area contributed by atoms with Crippen molar-refractivity contribution >= 4 is 11.7 Å². The smallest absolute Gasteiger partial charge is 0.321 e. The summed E-state index contributed by atoms with van der Waals surface area (Å²) in [5.74, 6) is 1.08. The van der Waals surface area contributed by atoms with E-state index in [9.17, 15) is 9.90 Å². The molecule has 164 valence electrons. The van der Waals surface area contributed by atoms with Gasteiger partial charge in [0.2, 0.25) is 0 Å². The summed E-state index contributed by atoms with van der Waals surface area (Å²) in [5, 5.41) is 28.1. The van der Waals surface area contributed by atoms with Crippen molar-refractivity contribution in [2.24, 2.45) is 5.92 Å². The number of nitrogens with one attached hydrogen (secondary N) is 2. The van der Waals surface area contributed by atoms with Crippen LogP contribution in [-0.2, 0) is 0 Å². The molecule has 1 aromatic heterocycles. The summed E-state index contributed by atoms with van der Waals surface area (Å²) in [5.41, 5.74) is 2.43. The van der Waals surface area contributed by atoms with Gasteiger partial charge in [-0.2, -0.15) is 5.10 Å². The lowest BCUT2D eigenvalue weighted by Crippen LogP contribution is -2.39. The van der Waals surface area contributed by atoms with Crippen LogP contribution in [0.4, 0.5) is 10.5 Å². The van der Waals surface area contributed by atoms with E-state index in [-0.39, 0.29) is 19.2 Å². The number of anilines is 1. The third-order valence-corrected chi connectivity index (χ3v) is 5.44. The second-order valence-corrected chi connectivity index (χ2v) is 7.73. The quantitative estimate of drug-likeness (QED) is 0.420. The number of aromatic amines is 1. The van der Waals surface area contributed by atoms with Crippen molar-refractivity contribution in [1.82, 2.24) is 15.1 Å². The van der Waals surface area contributed by atoms with Gasteiger partial charge in [0, 0.05) is 44.5 Å². The topological polar surface area (TPSA) is 111 Å². The molecule has 1 aliphatic carbocycles. The van der Waals surface area contributed by atoms with Crippen molar-refractivity contribution in [2.75, 3.05) is 38.2 Å². The van der Waals surface area contributed by atoms with Crippen LogP contribution in [0.15, 0.2) is 30.6 Å². The molecular formula is C22H32N4O4. The van der Waals surface area contributed by atoms with E-state index in [1.165, 1.54) is 12.8 Å². The monoisotopic (exact) mass is 416 g/mol. The molecule has 8 nitrogen and oxygen atoms in total. The second kappa shape index (κ2) is 11.6. The van der Waals surface area contributed by atoms with Gasteiger partial charge in [-0.1, -0.05) is 18.9 Å². The van der Waals surface area contributed by atoms with Gasteiger partial charge < -0.3 is 25.2 Å². The fourth-order valence-corrected chi connectivity index (χ4v) is 3.82. The molecule has 30 heavy (non-hydrogen) atoms. The minimum atomic E-state index is -0.182. The first-order valence-electron chi connectivity index (χ1n) is 10.7. The van der Waals surface area contributed by atoms with Gasteiger partial charge in [0.15, 0.2) is 0 Å². The van der Waals surface area contributed by atoms with Crippen molar-refractivity contribution in [3.8, 4) is 16.9 Å². The second-order valence-electron chi connectivity index (χ2n) is 7.73. The zero-order valence-corrected chi connectivity index (χ0v) is 17.3. The molecule has 2 aromatic rings. The highest BCUT2D eigenvalue weighted by Crippen LogP contribution is 2.31. The maximum atomic E-state index is 13.0. The molecule has 0 bridgehead atoms. The summed E-state index contributed by atoms with van der Waals surface area (Å²) in [6.07, 6.45) is 9.33. The van der Waals surface area contributed by atoms with Crippen LogP contribution in [0.5, 0.6) is 5.75 Å². The third-order valence-electron chi connectivity index (χ3n) is 5.44. The van der Waals surface area contributed by atoms with E-state index in [4.69, 9.17) is 9.84 Å². The van der Waals surface area contributed by atoms with Crippen molar-refractivity contribution in [2.45, 2.75) is 38.5 Å². The lowest BCUT2D eigenvalue weighted by molar-refractivity contribution is 0.191. The Labute approximate surface area is 177 Å². The first-order chi connectivity index (χ1) is 14.7. The Kier molecular flexibility index (Phi) is 8.53. The number of benzene rings is 1. The van der Waals surface area contributed by atoms with Gasteiger partial charge in [-0.3, -0.25) is 5.10 Å². The van der Waals surface area contributed by atoms with Gasteiger partial charge in [-0.25, -0.2) is 4.79 Å². The number of aliphatic hydroxyl groups excluding tert-OH is 2. The molecule has 8 heteroatoms. The van der Waals surface area contributed by atoms with E-state index < -0.39 is 0 Å². The number of amides is 2. The van der Waals surface area contributed by atoms with Gasteiger partial charge in [0.1, 0.15) is 5.75 Å². The maximum Gasteiger partial charge on any atom is 0.321 e. The Hall–Kier alpha value is -2.58. The number of hydrogen-bond donors (Lipinski definition) is 4. The molecule has 1 heterocycles. The first kappa shape index (κ1) is 22.1. The Morgan fingerprint density at radius 2 is 2.00 bits per heavy atom. The number of carbonyl (C=O) groups excluding carboxylic acids is 1. The zero-order chi connectivity index (χ0) is 21.2. The SMILES string of the molecule is O=C(Nc1ccc(-c2cn[nH]c2)cc1OCCCO)N(CCCO)CC1CCCC1. The first-order valence-corrected chi connectivity index (χ1v) is 10.7. The number of carbonyl (C=O) groups is 1. The minimum absolute atomic E-state index is 0.0411. The zero-order valence-electron chi connectivity index (χ0n) is 17.3. The minimum Gasteiger partial charge on any atom is -0.491 e. The van der Waals surface area contributed by atoms with Crippen LogP contribution in [0.3, 0.4) is 0 Å². The highest BCUT2D eigenvalue weighted by Gasteiger charge is 2.22. The van der Waals surface area contributed by atoms with Crippen molar-refractivity contribution in [3.63, 3.8) is 0 Å². The molecule has 1 aromatic carbocycles. The number of hydrogen-bond acceptors (Lipinski definition) is 5. The lowest BCUT2D eigenvalue weighted by Gasteiger charge is -2.26. The summed E-state index contributed by atoms with van der Waals surface area (Å²) >= 11 is 0. The number of urea groups is 1. The van der Waals surface area contributed by atoms with Gasteiger partial charge in [0.05, 0.1) is 18.5 Å². The van der Waals surface area contributed by atoms with Crippen LogP contribution in [0.2, 0.25) is 0 Å². The van der Waals surface area contributed by atoms with E-state index in [1.54, 1.807) is 17.3 Å². The standard InChI is InChI=1S/C22H32N4O4/c27-10-3-9-26(16-17-5-1-2-6-17)22(29)25-20-8-7-18(19-14-23-24-15-19)13-21(20)30-12-4-11-28/h7-8,13-15,17,27-28H,1-6,9-12,16H2,(H,23,24)(H,25,29). The van der Waals surface area contributed by atoms with Crippen LogP contribution in [0, 0.1) is 5.92 Å². The van der Waals surface area contributed by atoms with Crippen LogP contribution in [0.1, 0.15) is 38.5 Å². The number of rotatable bonds is 11. The van der Waals surface area contributed by atoms with E-state index >= 15 is 0 Å². The van der Waals surface area contributed by atoms with Crippen LogP contribution in [0.25, 0.3) is 11.1 Å². The molecule has 0 spiro atoms. The lowest BCUT2D eigenvalue weighted by atomic mass is 10.1. The van der Waals surface area contributed by atoms with Crippen molar-refractivity contribution < 1.29 is 19.7 Å². The van der Waals surface area contributed by atoms with E-state index in [0.717, 1.165) is 24.0 Å². The summed E-state index contributed by atoms with van der Waals surface area (Å²) < 4.78 is 5.85. The fraction of sp³-hybridized carbons (Fsp3) is 0.545. The van der Waals surface area contributed by atoms with E-state index in [0.29, 0.717) is 49.9 Å². The fourth-order valence-electron chi connectivity index (χ4n) is 3.82. The predicted molar refractivity (Wildman–Crippen MR) is 115 cm³/mol.